The summed E-state index contributed by atoms with van der Waals surface area (Å²) >= 11 is 0. The van der Waals surface area contributed by atoms with E-state index >= 15 is 0 Å². The van der Waals surface area contributed by atoms with Crippen LogP contribution in [0.1, 0.15) is 19.4 Å². The summed E-state index contributed by atoms with van der Waals surface area (Å²) < 4.78 is 1.87. The molecular formula is C11H20N4. The third kappa shape index (κ3) is 2.38. The van der Waals surface area contributed by atoms with Gasteiger partial charge in [-0.05, 0) is 13.8 Å². The van der Waals surface area contributed by atoms with Gasteiger partial charge in [-0.15, -0.1) is 0 Å². The average molecular weight is 208 g/mol. The van der Waals surface area contributed by atoms with Crippen molar-refractivity contribution in [3.8, 4) is 0 Å². The SMILES string of the molecule is C[C@@H]1CNC[C@H](C)N1Cc1cnn(C)c1. The molecule has 1 N–H and O–H groups in total. The number of nitrogens with zero attached hydrogens (tertiary/aromatic N) is 3. The minimum atomic E-state index is 0.606. The fraction of sp³-hybridized carbons (Fsp3) is 0.727. The van der Waals surface area contributed by atoms with E-state index in [1.165, 1.54) is 5.56 Å². The first-order valence-corrected chi connectivity index (χ1v) is 5.61. The maximum atomic E-state index is 4.21. The summed E-state index contributed by atoms with van der Waals surface area (Å²) in [5.74, 6) is 0. The standard InChI is InChI=1S/C11H20N4/c1-9-4-12-5-10(2)15(9)8-11-6-13-14(3)7-11/h6-7,9-10,12H,4-5,8H2,1-3H3/t9-,10+. The van der Waals surface area contributed by atoms with Crippen LogP contribution in [0.3, 0.4) is 0 Å². The normalized spacial score (nSPS) is 28.2. The number of rotatable bonds is 2. The number of piperazine rings is 1. The second-order valence-electron chi connectivity index (χ2n) is 4.55. The molecule has 1 aliphatic heterocycles. The summed E-state index contributed by atoms with van der Waals surface area (Å²) in [4.78, 5) is 2.54. The van der Waals surface area contributed by atoms with Gasteiger partial charge in [-0.3, -0.25) is 9.58 Å². The van der Waals surface area contributed by atoms with Crippen LogP contribution in [0.5, 0.6) is 0 Å². The number of nitrogens with one attached hydrogen (secondary N) is 1. The Balaban J connectivity index is 2.03. The van der Waals surface area contributed by atoms with Crippen molar-refractivity contribution in [3.05, 3.63) is 18.0 Å². The zero-order chi connectivity index (χ0) is 10.8. The molecule has 0 unspecified atom stereocenters. The molecule has 1 aromatic heterocycles. The van der Waals surface area contributed by atoms with Crippen LogP contribution < -0.4 is 5.32 Å². The molecule has 1 aromatic rings. The van der Waals surface area contributed by atoms with Crippen molar-refractivity contribution in [2.24, 2.45) is 7.05 Å². The predicted molar refractivity (Wildman–Crippen MR) is 60.5 cm³/mol. The number of aromatic nitrogens is 2. The Labute approximate surface area is 91.3 Å². The third-order valence-electron chi connectivity index (χ3n) is 3.14. The number of hydrogen-bond donors (Lipinski definition) is 1. The highest BCUT2D eigenvalue weighted by Crippen LogP contribution is 2.13. The first-order valence-electron chi connectivity index (χ1n) is 5.61. The van der Waals surface area contributed by atoms with Crippen LogP contribution in [0.2, 0.25) is 0 Å². The van der Waals surface area contributed by atoms with Crippen LogP contribution in [0.25, 0.3) is 0 Å². The summed E-state index contributed by atoms with van der Waals surface area (Å²) in [5.41, 5.74) is 1.30. The summed E-state index contributed by atoms with van der Waals surface area (Å²) in [5, 5.41) is 7.65. The van der Waals surface area contributed by atoms with E-state index in [2.05, 4.69) is 35.4 Å². The van der Waals surface area contributed by atoms with Gasteiger partial charge < -0.3 is 5.32 Å². The van der Waals surface area contributed by atoms with Crippen molar-refractivity contribution in [1.29, 1.82) is 0 Å². The molecular weight excluding hydrogens is 188 g/mol. The van der Waals surface area contributed by atoms with Gasteiger partial charge in [0.2, 0.25) is 0 Å². The molecule has 0 saturated carbocycles. The van der Waals surface area contributed by atoms with E-state index in [-0.39, 0.29) is 0 Å². The summed E-state index contributed by atoms with van der Waals surface area (Å²) in [6.07, 6.45) is 4.06. The Hall–Kier alpha value is -0.870. The minimum absolute atomic E-state index is 0.606. The van der Waals surface area contributed by atoms with Crippen molar-refractivity contribution in [1.82, 2.24) is 20.0 Å². The monoisotopic (exact) mass is 208 g/mol. The van der Waals surface area contributed by atoms with E-state index in [1.54, 1.807) is 0 Å². The molecule has 2 rings (SSSR count). The average Bonchev–Trinajstić information content (AvgIpc) is 2.58. The second-order valence-corrected chi connectivity index (χ2v) is 4.55. The van der Waals surface area contributed by atoms with Crippen molar-refractivity contribution >= 4 is 0 Å². The molecule has 1 saturated heterocycles. The Morgan fingerprint density at radius 2 is 2.07 bits per heavy atom. The number of hydrogen-bond acceptors (Lipinski definition) is 3. The van der Waals surface area contributed by atoms with Gasteiger partial charge in [0, 0.05) is 50.5 Å². The van der Waals surface area contributed by atoms with Crippen LogP contribution in [0.15, 0.2) is 12.4 Å². The first-order chi connectivity index (χ1) is 7.16. The zero-order valence-electron chi connectivity index (χ0n) is 9.77. The quantitative estimate of drug-likeness (QED) is 0.772. The van der Waals surface area contributed by atoms with Crippen molar-refractivity contribution in [2.75, 3.05) is 13.1 Å². The van der Waals surface area contributed by atoms with E-state index in [0.29, 0.717) is 12.1 Å². The molecule has 0 spiro atoms. The Bertz CT molecular complexity index is 310. The molecule has 2 atom stereocenters. The van der Waals surface area contributed by atoms with E-state index < -0.39 is 0 Å². The fourth-order valence-corrected chi connectivity index (χ4v) is 2.25. The smallest absolute Gasteiger partial charge is 0.0534 e. The highest BCUT2D eigenvalue weighted by molar-refractivity contribution is 5.04. The summed E-state index contributed by atoms with van der Waals surface area (Å²) in [6, 6.07) is 1.21. The summed E-state index contributed by atoms with van der Waals surface area (Å²) in [6.45, 7) is 7.74. The number of aryl methyl sites for hydroxylation is 1. The topological polar surface area (TPSA) is 33.1 Å². The molecule has 4 nitrogen and oxygen atoms in total. The van der Waals surface area contributed by atoms with Gasteiger partial charge in [0.1, 0.15) is 0 Å². The molecule has 0 aliphatic carbocycles. The van der Waals surface area contributed by atoms with Gasteiger partial charge in [0.15, 0.2) is 0 Å². The van der Waals surface area contributed by atoms with Gasteiger partial charge >= 0.3 is 0 Å². The largest absolute Gasteiger partial charge is 0.314 e. The van der Waals surface area contributed by atoms with Crippen LogP contribution in [-0.4, -0.2) is 39.9 Å². The summed E-state index contributed by atoms with van der Waals surface area (Å²) in [7, 11) is 1.97. The lowest BCUT2D eigenvalue weighted by Crippen LogP contribution is -2.54. The van der Waals surface area contributed by atoms with Gasteiger partial charge in [-0.2, -0.15) is 5.10 Å². The molecule has 2 heterocycles. The van der Waals surface area contributed by atoms with E-state index in [1.807, 2.05) is 17.9 Å². The zero-order valence-corrected chi connectivity index (χ0v) is 9.77. The molecule has 84 valence electrons. The molecule has 0 bridgehead atoms. The van der Waals surface area contributed by atoms with E-state index in [4.69, 9.17) is 0 Å². The Morgan fingerprint density at radius 3 is 2.60 bits per heavy atom. The lowest BCUT2D eigenvalue weighted by Gasteiger charge is -2.39. The molecule has 15 heavy (non-hydrogen) atoms. The molecule has 0 radical (unpaired) electrons. The molecule has 1 fully saturated rings. The molecule has 0 aromatic carbocycles. The molecule has 4 heteroatoms. The predicted octanol–water partition coefficient (Wildman–Crippen LogP) is 0.602. The van der Waals surface area contributed by atoms with Crippen LogP contribution in [0, 0.1) is 0 Å². The highest BCUT2D eigenvalue weighted by Gasteiger charge is 2.24. The van der Waals surface area contributed by atoms with Crippen molar-refractivity contribution in [2.45, 2.75) is 32.5 Å². The molecule has 1 aliphatic rings. The highest BCUT2D eigenvalue weighted by atomic mass is 15.3. The Kier molecular flexibility index (Phi) is 3.07. The maximum absolute atomic E-state index is 4.21. The van der Waals surface area contributed by atoms with Crippen LogP contribution in [-0.2, 0) is 13.6 Å². The van der Waals surface area contributed by atoms with Crippen molar-refractivity contribution in [3.63, 3.8) is 0 Å². The van der Waals surface area contributed by atoms with Crippen LogP contribution >= 0.6 is 0 Å². The third-order valence-corrected chi connectivity index (χ3v) is 3.14. The van der Waals surface area contributed by atoms with Gasteiger partial charge in [0.25, 0.3) is 0 Å². The van der Waals surface area contributed by atoms with Gasteiger partial charge in [-0.25, -0.2) is 0 Å². The van der Waals surface area contributed by atoms with E-state index in [0.717, 1.165) is 19.6 Å². The minimum Gasteiger partial charge on any atom is -0.314 e. The molecule has 0 amide bonds. The van der Waals surface area contributed by atoms with E-state index in [9.17, 15) is 0 Å². The lowest BCUT2D eigenvalue weighted by atomic mass is 10.1. The second kappa shape index (κ2) is 4.33. The maximum Gasteiger partial charge on any atom is 0.0534 e. The first kappa shape index (κ1) is 10.6. The van der Waals surface area contributed by atoms with Crippen LogP contribution in [0.4, 0.5) is 0 Å². The van der Waals surface area contributed by atoms with Gasteiger partial charge in [0.05, 0.1) is 6.20 Å². The Morgan fingerprint density at radius 1 is 1.40 bits per heavy atom. The van der Waals surface area contributed by atoms with Gasteiger partial charge in [-0.1, -0.05) is 0 Å². The fourth-order valence-electron chi connectivity index (χ4n) is 2.25. The lowest BCUT2D eigenvalue weighted by molar-refractivity contribution is 0.109. The van der Waals surface area contributed by atoms with Crippen molar-refractivity contribution < 1.29 is 0 Å².